The van der Waals surface area contributed by atoms with Gasteiger partial charge >= 0.3 is 12.1 Å². The number of nitrogens with zero attached hydrogens (tertiary/aromatic N) is 1. The van der Waals surface area contributed by atoms with Crippen LogP contribution in [0.3, 0.4) is 0 Å². The lowest BCUT2D eigenvalue weighted by molar-refractivity contribution is -0.228. The summed E-state index contributed by atoms with van der Waals surface area (Å²) in [6.45, 7) is 3.92. The van der Waals surface area contributed by atoms with E-state index in [4.69, 9.17) is 5.11 Å². The van der Waals surface area contributed by atoms with Gasteiger partial charge in [-0.1, -0.05) is 13.8 Å². The van der Waals surface area contributed by atoms with Crippen LogP contribution in [0.5, 0.6) is 0 Å². The molecule has 1 N–H and O–H groups in total. The quantitative estimate of drug-likeness (QED) is 0.851. The van der Waals surface area contributed by atoms with E-state index in [1.807, 2.05) is 0 Å². The molecule has 0 aromatic rings. The van der Waals surface area contributed by atoms with Crippen LogP contribution in [0.15, 0.2) is 0 Å². The first kappa shape index (κ1) is 15.9. The second-order valence-electron chi connectivity index (χ2n) is 6.43. The number of likely N-dealkylation sites (tertiary alicyclic amines) is 1. The van der Waals surface area contributed by atoms with Crippen LogP contribution in [0.25, 0.3) is 0 Å². The maximum atomic E-state index is 13.2. The second kappa shape index (κ2) is 5.09. The second-order valence-corrected chi connectivity index (χ2v) is 7.58. The molecule has 0 aliphatic carbocycles. The predicted molar refractivity (Wildman–Crippen MR) is 71.8 cm³/mol. The molecular formula is C13H20F3NO2S. The van der Waals surface area contributed by atoms with Gasteiger partial charge in [0.1, 0.15) is 0 Å². The van der Waals surface area contributed by atoms with Crippen LogP contribution in [0, 0.1) is 10.8 Å². The summed E-state index contributed by atoms with van der Waals surface area (Å²) in [6, 6.07) is 0.0184. The van der Waals surface area contributed by atoms with Gasteiger partial charge in [0.25, 0.3) is 0 Å². The number of hydrogen-bond acceptors (Lipinski definition) is 3. The minimum atomic E-state index is -4.69. The summed E-state index contributed by atoms with van der Waals surface area (Å²) >= 11 is 1.74. The Hall–Kier alpha value is -0.430. The number of hydrogen-bond donors (Lipinski definition) is 1. The summed E-state index contributed by atoms with van der Waals surface area (Å²) < 4.78 is 39.6. The third kappa shape index (κ3) is 2.54. The van der Waals surface area contributed by atoms with Crippen LogP contribution in [0.2, 0.25) is 0 Å². The number of halogens is 3. The molecule has 0 spiro atoms. The minimum Gasteiger partial charge on any atom is -0.481 e. The summed E-state index contributed by atoms with van der Waals surface area (Å²) in [5, 5.41) is 9.09. The summed E-state index contributed by atoms with van der Waals surface area (Å²) in [5.41, 5.74) is -2.66. The fourth-order valence-corrected chi connectivity index (χ4v) is 4.88. The molecule has 2 fully saturated rings. The van der Waals surface area contributed by atoms with Crippen LogP contribution in [0.1, 0.15) is 26.7 Å². The van der Waals surface area contributed by atoms with Gasteiger partial charge in [0.05, 0.1) is 0 Å². The lowest BCUT2D eigenvalue weighted by atomic mass is 9.81. The molecule has 7 heteroatoms. The number of carboxylic acid groups (broad SMARTS) is 1. The SMILES string of the molecule is CC1(C)CCSCC1N1CCC(C(=O)O)(C(F)(F)F)C1. The van der Waals surface area contributed by atoms with Gasteiger partial charge in [0.2, 0.25) is 0 Å². The average Bonchev–Trinajstić information content (AvgIpc) is 2.73. The molecule has 2 heterocycles. The monoisotopic (exact) mass is 311 g/mol. The number of carboxylic acids is 1. The molecule has 116 valence electrons. The van der Waals surface area contributed by atoms with Gasteiger partial charge < -0.3 is 5.11 Å². The largest absolute Gasteiger partial charge is 0.481 e. The highest BCUT2D eigenvalue weighted by atomic mass is 32.2. The molecule has 2 atom stereocenters. The Morgan fingerprint density at radius 3 is 2.45 bits per heavy atom. The van der Waals surface area contributed by atoms with Crippen molar-refractivity contribution < 1.29 is 23.1 Å². The highest BCUT2D eigenvalue weighted by Crippen LogP contribution is 2.48. The lowest BCUT2D eigenvalue weighted by Crippen LogP contribution is -2.52. The van der Waals surface area contributed by atoms with Gasteiger partial charge in [-0.05, 0) is 24.0 Å². The molecule has 2 rings (SSSR count). The fraction of sp³-hybridized carbons (Fsp3) is 0.923. The molecule has 0 amide bonds. The van der Waals surface area contributed by atoms with E-state index >= 15 is 0 Å². The Kier molecular flexibility index (Phi) is 4.06. The molecule has 2 aliphatic rings. The number of aliphatic carboxylic acids is 1. The lowest BCUT2D eigenvalue weighted by Gasteiger charge is -2.44. The molecule has 0 saturated carbocycles. The van der Waals surface area contributed by atoms with Crippen molar-refractivity contribution in [3.8, 4) is 0 Å². The Balaban J connectivity index is 2.20. The Bertz CT molecular complexity index is 400. The fourth-order valence-electron chi connectivity index (χ4n) is 3.15. The van der Waals surface area contributed by atoms with E-state index in [9.17, 15) is 18.0 Å². The smallest absolute Gasteiger partial charge is 0.406 e. The first-order valence-corrected chi connectivity index (χ1v) is 7.87. The molecule has 0 bridgehead atoms. The van der Waals surface area contributed by atoms with Gasteiger partial charge in [-0.25, -0.2) is 0 Å². The highest BCUT2D eigenvalue weighted by Gasteiger charge is 2.64. The number of rotatable bonds is 2. The van der Waals surface area contributed by atoms with Crippen molar-refractivity contribution in [2.75, 3.05) is 24.6 Å². The Morgan fingerprint density at radius 1 is 1.35 bits per heavy atom. The van der Waals surface area contributed by atoms with E-state index in [1.165, 1.54) is 0 Å². The number of alkyl halides is 3. The van der Waals surface area contributed by atoms with E-state index in [-0.39, 0.29) is 24.4 Å². The van der Waals surface area contributed by atoms with Gasteiger partial charge in [-0.15, -0.1) is 0 Å². The third-order valence-corrected chi connectivity index (χ3v) is 5.80. The van der Waals surface area contributed by atoms with Gasteiger partial charge in [-0.3, -0.25) is 9.69 Å². The van der Waals surface area contributed by atoms with Crippen molar-refractivity contribution in [3.05, 3.63) is 0 Å². The van der Waals surface area contributed by atoms with Crippen LogP contribution < -0.4 is 0 Å². The highest BCUT2D eigenvalue weighted by molar-refractivity contribution is 7.99. The summed E-state index contributed by atoms with van der Waals surface area (Å²) in [5.74, 6) is 0.0510. The normalized spacial score (nSPS) is 35.1. The molecule has 3 nitrogen and oxygen atoms in total. The topological polar surface area (TPSA) is 40.5 Å². The maximum absolute atomic E-state index is 13.2. The Labute approximate surface area is 120 Å². The molecular weight excluding hydrogens is 291 g/mol. The molecule has 20 heavy (non-hydrogen) atoms. The first-order valence-electron chi connectivity index (χ1n) is 6.72. The van der Waals surface area contributed by atoms with Crippen molar-refractivity contribution in [2.24, 2.45) is 10.8 Å². The van der Waals surface area contributed by atoms with Gasteiger partial charge in [0.15, 0.2) is 5.41 Å². The van der Waals surface area contributed by atoms with Gasteiger partial charge in [-0.2, -0.15) is 24.9 Å². The van der Waals surface area contributed by atoms with E-state index in [0.29, 0.717) is 0 Å². The zero-order chi connectivity index (χ0) is 15.2. The zero-order valence-electron chi connectivity index (χ0n) is 11.7. The molecule has 0 aromatic heterocycles. The van der Waals surface area contributed by atoms with E-state index < -0.39 is 24.1 Å². The van der Waals surface area contributed by atoms with E-state index in [2.05, 4.69) is 13.8 Å². The summed E-state index contributed by atoms with van der Waals surface area (Å²) in [4.78, 5) is 13.0. The van der Waals surface area contributed by atoms with Crippen LogP contribution in [-0.2, 0) is 4.79 Å². The van der Waals surface area contributed by atoms with Crippen LogP contribution >= 0.6 is 11.8 Å². The number of carbonyl (C=O) groups is 1. The summed E-state index contributed by atoms with van der Waals surface area (Å²) in [7, 11) is 0. The number of thioether (sulfide) groups is 1. The molecule has 0 aromatic carbocycles. The first-order chi connectivity index (χ1) is 9.10. The van der Waals surface area contributed by atoms with E-state index in [1.54, 1.807) is 16.7 Å². The van der Waals surface area contributed by atoms with Crippen molar-refractivity contribution in [2.45, 2.75) is 38.9 Å². The van der Waals surface area contributed by atoms with Crippen molar-refractivity contribution in [1.82, 2.24) is 4.90 Å². The van der Waals surface area contributed by atoms with Crippen LogP contribution in [0.4, 0.5) is 13.2 Å². The third-order valence-electron chi connectivity index (χ3n) is 4.76. The molecule has 2 unspecified atom stereocenters. The molecule has 0 radical (unpaired) electrons. The minimum absolute atomic E-state index is 0.0184. The predicted octanol–water partition coefficient (Wildman–Crippen LogP) is 2.86. The van der Waals surface area contributed by atoms with Crippen LogP contribution in [-0.4, -0.2) is 52.8 Å². The Morgan fingerprint density at radius 2 is 2.00 bits per heavy atom. The standard InChI is InChI=1S/C13H20F3NO2S/c1-11(2)4-6-20-7-9(11)17-5-3-12(8-17,10(18)19)13(14,15)16/h9H,3-8H2,1-2H3,(H,18,19). The summed E-state index contributed by atoms with van der Waals surface area (Å²) in [6.07, 6.45) is -4.09. The maximum Gasteiger partial charge on any atom is 0.406 e. The average molecular weight is 311 g/mol. The van der Waals surface area contributed by atoms with E-state index in [0.717, 1.165) is 17.9 Å². The van der Waals surface area contributed by atoms with Crippen molar-refractivity contribution in [3.63, 3.8) is 0 Å². The molecule has 2 aliphatic heterocycles. The van der Waals surface area contributed by atoms with Gasteiger partial charge in [0, 0.05) is 24.9 Å². The molecule has 2 saturated heterocycles. The zero-order valence-corrected chi connectivity index (χ0v) is 12.5. The van der Waals surface area contributed by atoms with Crippen molar-refractivity contribution in [1.29, 1.82) is 0 Å². The van der Waals surface area contributed by atoms with Crippen molar-refractivity contribution >= 4 is 17.7 Å².